The molecule has 1 N–H and O–H groups in total. The summed E-state index contributed by atoms with van der Waals surface area (Å²) in [5.74, 6) is 0.607. The van der Waals surface area contributed by atoms with Gasteiger partial charge >= 0.3 is 0 Å². The fraction of sp³-hybridized carbons (Fsp3) is 0.250. The molecular weight excluding hydrogens is 216 g/mol. The highest BCUT2D eigenvalue weighted by molar-refractivity contribution is 5.35. The van der Waals surface area contributed by atoms with Gasteiger partial charge in [0, 0.05) is 29.7 Å². The van der Waals surface area contributed by atoms with Crippen LogP contribution in [-0.2, 0) is 0 Å². The zero-order valence-electron chi connectivity index (χ0n) is 9.79. The Kier molecular flexibility index (Phi) is 3.62. The molecule has 17 heavy (non-hydrogen) atoms. The molecule has 0 amide bonds. The number of hydrogen-bond donors (Lipinski definition) is 1. The lowest BCUT2D eigenvalue weighted by Gasteiger charge is -2.17. The number of aromatic nitrogens is 3. The predicted molar refractivity (Wildman–Crippen MR) is 63.7 cm³/mol. The summed E-state index contributed by atoms with van der Waals surface area (Å²) < 4.78 is 5.26. The number of pyridine rings is 1. The molecule has 2 aromatic heterocycles. The van der Waals surface area contributed by atoms with E-state index in [1.54, 1.807) is 25.7 Å². The van der Waals surface area contributed by atoms with Crippen molar-refractivity contribution in [3.63, 3.8) is 0 Å². The van der Waals surface area contributed by atoms with E-state index in [0.29, 0.717) is 5.88 Å². The summed E-state index contributed by atoms with van der Waals surface area (Å²) >= 11 is 0. The van der Waals surface area contributed by atoms with Crippen LogP contribution in [0.2, 0.25) is 0 Å². The highest BCUT2D eigenvalue weighted by atomic mass is 16.5. The van der Waals surface area contributed by atoms with Crippen molar-refractivity contribution >= 4 is 0 Å². The SMILES string of the molecule is CNC(c1cncnc1)c1cccnc1OC. The van der Waals surface area contributed by atoms with Crippen molar-refractivity contribution in [2.24, 2.45) is 0 Å². The predicted octanol–water partition coefficient (Wildman–Crippen LogP) is 1.19. The minimum Gasteiger partial charge on any atom is -0.481 e. The zero-order valence-corrected chi connectivity index (χ0v) is 9.79. The lowest BCUT2D eigenvalue weighted by Crippen LogP contribution is -2.19. The molecular formula is C12H14N4O. The molecule has 5 heteroatoms. The van der Waals surface area contributed by atoms with Gasteiger partial charge in [-0.2, -0.15) is 0 Å². The summed E-state index contributed by atoms with van der Waals surface area (Å²) in [5.41, 5.74) is 1.94. The maximum absolute atomic E-state index is 5.26. The van der Waals surface area contributed by atoms with Crippen LogP contribution in [0.15, 0.2) is 37.1 Å². The molecule has 2 rings (SSSR count). The van der Waals surface area contributed by atoms with Gasteiger partial charge in [-0.15, -0.1) is 0 Å². The minimum atomic E-state index is -0.0279. The Balaban J connectivity index is 2.42. The Morgan fingerprint density at radius 3 is 2.71 bits per heavy atom. The van der Waals surface area contributed by atoms with Gasteiger partial charge in [0.25, 0.3) is 0 Å². The molecule has 0 saturated carbocycles. The number of nitrogens with one attached hydrogen (secondary N) is 1. The first kappa shape index (κ1) is 11.5. The molecule has 1 atom stereocenters. The van der Waals surface area contributed by atoms with Gasteiger partial charge in [0.1, 0.15) is 6.33 Å². The first-order valence-corrected chi connectivity index (χ1v) is 5.28. The van der Waals surface area contributed by atoms with Crippen molar-refractivity contribution in [2.75, 3.05) is 14.2 Å². The van der Waals surface area contributed by atoms with Gasteiger partial charge < -0.3 is 10.1 Å². The lowest BCUT2D eigenvalue weighted by molar-refractivity contribution is 0.388. The number of rotatable bonds is 4. The first-order valence-electron chi connectivity index (χ1n) is 5.28. The third-order valence-electron chi connectivity index (χ3n) is 2.51. The summed E-state index contributed by atoms with van der Waals surface area (Å²) in [5, 5.41) is 3.21. The Bertz CT molecular complexity index is 475. The number of hydrogen-bond acceptors (Lipinski definition) is 5. The normalized spacial score (nSPS) is 12.1. The van der Waals surface area contributed by atoms with Crippen molar-refractivity contribution < 1.29 is 4.74 Å². The van der Waals surface area contributed by atoms with Crippen LogP contribution in [0.3, 0.4) is 0 Å². The highest BCUT2D eigenvalue weighted by Crippen LogP contribution is 2.26. The molecule has 0 spiro atoms. The van der Waals surface area contributed by atoms with Crippen LogP contribution in [0.1, 0.15) is 17.2 Å². The Morgan fingerprint density at radius 1 is 1.29 bits per heavy atom. The average molecular weight is 230 g/mol. The molecule has 1 unspecified atom stereocenters. The minimum absolute atomic E-state index is 0.0279. The largest absolute Gasteiger partial charge is 0.481 e. The van der Waals surface area contributed by atoms with Crippen LogP contribution in [0.4, 0.5) is 0 Å². The maximum atomic E-state index is 5.26. The second kappa shape index (κ2) is 5.36. The zero-order chi connectivity index (χ0) is 12.1. The molecule has 2 aromatic rings. The second-order valence-corrected chi connectivity index (χ2v) is 3.50. The molecule has 0 aliphatic rings. The van der Waals surface area contributed by atoms with Crippen molar-refractivity contribution in [1.29, 1.82) is 0 Å². The summed E-state index contributed by atoms with van der Waals surface area (Å²) in [7, 11) is 3.49. The summed E-state index contributed by atoms with van der Waals surface area (Å²) in [4.78, 5) is 12.2. The van der Waals surface area contributed by atoms with E-state index in [9.17, 15) is 0 Å². The van der Waals surface area contributed by atoms with Gasteiger partial charge in [0.2, 0.25) is 5.88 Å². The Hall–Kier alpha value is -2.01. The maximum Gasteiger partial charge on any atom is 0.218 e. The molecule has 0 bridgehead atoms. The van der Waals surface area contributed by atoms with Crippen LogP contribution in [0.5, 0.6) is 5.88 Å². The van der Waals surface area contributed by atoms with Gasteiger partial charge in [-0.3, -0.25) is 0 Å². The van der Waals surface area contributed by atoms with Crippen LogP contribution in [0.25, 0.3) is 0 Å². The third kappa shape index (κ3) is 2.39. The van der Waals surface area contributed by atoms with Crippen molar-refractivity contribution in [3.05, 3.63) is 48.2 Å². The van der Waals surface area contributed by atoms with E-state index in [2.05, 4.69) is 20.3 Å². The van der Waals surface area contributed by atoms with Crippen molar-refractivity contribution in [3.8, 4) is 5.88 Å². The quantitative estimate of drug-likeness (QED) is 0.855. The summed E-state index contributed by atoms with van der Waals surface area (Å²) in [6.07, 6.45) is 6.77. The summed E-state index contributed by atoms with van der Waals surface area (Å²) in [6.45, 7) is 0. The Morgan fingerprint density at radius 2 is 2.06 bits per heavy atom. The molecule has 0 aromatic carbocycles. The molecule has 5 nitrogen and oxygen atoms in total. The summed E-state index contributed by atoms with van der Waals surface area (Å²) in [6, 6.07) is 3.83. The van der Waals surface area contributed by atoms with Gasteiger partial charge in [0.15, 0.2) is 0 Å². The van der Waals surface area contributed by atoms with Crippen LogP contribution in [-0.4, -0.2) is 29.1 Å². The molecule has 0 aliphatic heterocycles. The fourth-order valence-electron chi connectivity index (χ4n) is 1.75. The fourth-order valence-corrected chi connectivity index (χ4v) is 1.75. The number of ether oxygens (including phenoxy) is 1. The van der Waals surface area contributed by atoms with Crippen molar-refractivity contribution in [1.82, 2.24) is 20.3 Å². The molecule has 0 fully saturated rings. The van der Waals surface area contributed by atoms with Crippen LogP contribution in [0, 0.1) is 0 Å². The number of nitrogens with zero attached hydrogens (tertiary/aromatic N) is 3. The molecule has 2 heterocycles. The van der Waals surface area contributed by atoms with E-state index in [-0.39, 0.29) is 6.04 Å². The highest BCUT2D eigenvalue weighted by Gasteiger charge is 2.17. The van der Waals surface area contributed by atoms with E-state index >= 15 is 0 Å². The average Bonchev–Trinajstić information content (AvgIpc) is 2.41. The standard InChI is InChI=1S/C12H14N4O/c1-13-11(9-6-14-8-15-7-9)10-4-3-5-16-12(10)17-2/h3-8,11,13H,1-2H3. The number of methoxy groups -OCH3 is 1. The molecule has 0 aliphatic carbocycles. The lowest BCUT2D eigenvalue weighted by atomic mass is 10.0. The Labute approximate surface area is 99.9 Å². The van der Waals surface area contributed by atoms with Crippen LogP contribution < -0.4 is 10.1 Å². The van der Waals surface area contributed by atoms with Gasteiger partial charge in [-0.25, -0.2) is 15.0 Å². The molecule has 0 saturated heterocycles. The van der Waals surface area contributed by atoms with E-state index in [0.717, 1.165) is 11.1 Å². The van der Waals surface area contributed by atoms with E-state index in [1.807, 2.05) is 19.2 Å². The van der Waals surface area contributed by atoms with Gasteiger partial charge in [0.05, 0.1) is 13.2 Å². The van der Waals surface area contributed by atoms with E-state index in [1.165, 1.54) is 6.33 Å². The third-order valence-corrected chi connectivity index (χ3v) is 2.51. The molecule has 0 radical (unpaired) electrons. The molecule has 88 valence electrons. The van der Waals surface area contributed by atoms with Crippen LogP contribution >= 0.6 is 0 Å². The van der Waals surface area contributed by atoms with Crippen molar-refractivity contribution in [2.45, 2.75) is 6.04 Å². The van der Waals surface area contributed by atoms with Gasteiger partial charge in [-0.1, -0.05) is 6.07 Å². The monoisotopic (exact) mass is 230 g/mol. The topological polar surface area (TPSA) is 59.9 Å². The second-order valence-electron chi connectivity index (χ2n) is 3.50. The smallest absolute Gasteiger partial charge is 0.218 e. The van der Waals surface area contributed by atoms with E-state index in [4.69, 9.17) is 4.74 Å². The van der Waals surface area contributed by atoms with E-state index < -0.39 is 0 Å². The first-order chi connectivity index (χ1) is 8.36. The van der Waals surface area contributed by atoms with Gasteiger partial charge in [-0.05, 0) is 13.1 Å².